The molecule has 0 radical (unpaired) electrons. The fourth-order valence-electron chi connectivity index (χ4n) is 1.41. The van der Waals surface area contributed by atoms with E-state index < -0.39 is 5.60 Å². The number of carbonyl (C=O) groups excluding carboxylic acids is 1. The van der Waals surface area contributed by atoms with Gasteiger partial charge in [-0.3, -0.25) is 5.32 Å². The standard InChI is InChI=1S/C11H20N2O2/c1-8-7-12-6-5-9(8)13-10(14)15-11(2,3)4/h12H,5-7H2,1-4H3,(H,13,14). The first-order valence-electron chi connectivity index (χ1n) is 5.28. The highest BCUT2D eigenvalue weighted by molar-refractivity contribution is 5.70. The Labute approximate surface area is 91.1 Å². The van der Waals surface area contributed by atoms with Gasteiger partial charge in [-0.05, 0) is 33.3 Å². The molecule has 0 aromatic carbocycles. The number of rotatable bonds is 1. The van der Waals surface area contributed by atoms with Gasteiger partial charge in [-0.25, -0.2) is 4.79 Å². The lowest BCUT2D eigenvalue weighted by atomic mass is 10.1. The van der Waals surface area contributed by atoms with Gasteiger partial charge in [0.1, 0.15) is 5.60 Å². The van der Waals surface area contributed by atoms with Gasteiger partial charge in [-0.1, -0.05) is 0 Å². The van der Waals surface area contributed by atoms with Gasteiger partial charge in [-0.15, -0.1) is 0 Å². The average molecular weight is 212 g/mol. The highest BCUT2D eigenvalue weighted by Crippen LogP contribution is 2.11. The number of carbonyl (C=O) groups is 1. The van der Waals surface area contributed by atoms with E-state index in [2.05, 4.69) is 10.6 Å². The summed E-state index contributed by atoms with van der Waals surface area (Å²) in [7, 11) is 0. The molecule has 0 aromatic heterocycles. The van der Waals surface area contributed by atoms with Gasteiger partial charge in [-0.2, -0.15) is 0 Å². The first-order valence-corrected chi connectivity index (χ1v) is 5.28. The van der Waals surface area contributed by atoms with E-state index in [-0.39, 0.29) is 6.09 Å². The van der Waals surface area contributed by atoms with Crippen LogP contribution in [0.3, 0.4) is 0 Å². The lowest BCUT2D eigenvalue weighted by Crippen LogP contribution is -2.36. The first-order chi connectivity index (χ1) is 6.88. The van der Waals surface area contributed by atoms with Gasteiger partial charge in [0, 0.05) is 25.2 Å². The molecule has 4 nitrogen and oxygen atoms in total. The summed E-state index contributed by atoms with van der Waals surface area (Å²) in [5.41, 5.74) is 1.72. The molecule has 1 aliphatic rings. The Bertz CT molecular complexity index is 277. The van der Waals surface area contributed by atoms with E-state index in [9.17, 15) is 4.79 Å². The first kappa shape index (κ1) is 12.0. The molecule has 1 heterocycles. The van der Waals surface area contributed by atoms with Crippen LogP contribution in [0.15, 0.2) is 11.3 Å². The molecule has 0 aromatic rings. The molecule has 4 heteroatoms. The van der Waals surface area contributed by atoms with Crippen LogP contribution in [0.25, 0.3) is 0 Å². The molecule has 0 atom stereocenters. The lowest BCUT2D eigenvalue weighted by molar-refractivity contribution is 0.0543. The number of amides is 1. The highest BCUT2D eigenvalue weighted by Gasteiger charge is 2.18. The number of ether oxygens (including phenoxy) is 1. The zero-order chi connectivity index (χ0) is 11.5. The molecule has 0 bridgehead atoms. The van der Waals surface area contributed by atoms with E-state index in [0.29, 0.717) is 0 Å². The van der Waals surface area contributed by atoms with Crippen molar-refractivity contribution in [1.82, 2.24) is 10.6 Å². The smallest absolute Gasteiger partial charge is 0.411 e. The summed E-state index contributed by atoms with van der Waals surface area (Å²) in [6, 6.07) is 0. The quantitative estimate of drug-likeness (QED) is 0.696. The van der Waals surface area contributed by atoms with Gasteiger partial charge < -0.3 is 10.1 Å². The van der Waals surface area contributed by atoms with Crippen molar-refractivity contribution in [2.45, 2.75) is 39.7 Å². The van der Waals surface area contributed by atoms with E-state index in [1.807, 2.05) is 27.7 Å². The number of nitrogens with one attached hydrogen (secondary N) is 2. The maximum absolute atomic E-state index is 11.5. The number of alkyl carbamates (subject to hydrolysis) is 1. The summed E-state index contributed by atoms with van der Waals surface area (Å²) >= 11 is 0. The van der Waals surface area contributed by atoms with Crippen molar-refractivity contribution in [3.05, 3.63) is 11.3 Å². The molecule has 1 aliphatic heterocycles. The molecule has 0 saturated heterocycles. The van der Waals surface area contributed by atoms with E-state index >= 15 is 0 Å². The van der Waals surface area contributed by atoms with Crippen LogP contribution >= 0.6 is 0 Å². The molecule has 0 unspecified atom stereocenters. The summed E-state index contributed by atoms with van der Waals surface area (Å²) in [6.07, 6.45) is 0.490. The Morgan fingerprint density at radius 1 is 1.47 bits per heavy atom. The van der Waals surface area contributed by atoms with Gasteiger partial charge in [0.05, 0.1) is 0 Å². The van der Waals surface area contributed by atoms with Crippen LogP contribution in [0, 0.1) is 0 Å². The molecule has 1 rings (SSSR count). The third-order valence-electron chi connectivity index (χ3n) is 2.11. The molecule has 0 aliphatic carbocycles. The molecule has 0 spiro atoms. The van der Waals surface area contributed by atoms with Crippen molar-refractivity contribution in [2.24, 2.45) is 0 Å². The van der Waals surface area contributed by atoms with E-state index in [1.165, 1.54) is 5.57 Å². The van der Waals surface area contributed by atoms with Crippen molar-refractivity contribution >= 4 is 6.09 Å². The third-order valence-corrected chi connectivity index (χ3v) is 2.11. The van der Waals surface area contributed by atoms with Crippen LogP contribution < -0.4 is 10.6 Å². The minimum Gasteiger partial charge on any atom is -0.444 e. The molecule has 0 saturated carbocycles. The van der Waals surface area contributed by atoms with Gasteiger partial charge >= 0.3 is 6.09 Å². The van der Waals surface area contributed by atoms with Gasteiger partial charge in [0.15, 0.2) is 0 Å². The Balaban J connectivity index is 2.51. The molecule has 86 valence electrons. The maximum atomic E-state index is 11.5. The lowest BCUT2D eigenvalue weighted by Gasteiger charge is -2.23. The normalized spacial score (nSPS) is 17.6. The summed E-state index contributed by atoms with van der Waals surface area (Å²) < 4.78 is 5.18. The van der Waals surface area contributed by atoms with E-state index in [4.69, 9.17) is 4.74 Å². The van der Waals surface area contributed by atoms with Gasteiger partial charge in [0.2, 0.25) is 0 Å². The summed E-state index contributed by atoms with van der Waals surface area (Å²) in [4.78, 5) is 11.5. The predicted octanol–water partition coefficient (Wildman–Crippen LogP) is 1.78. The van der Waals surface area contributed by atoms with Crippen molar-refractivity contribution < 1.29 is 9.53 Å². The zero-order valence-electron chi connectivity index (χ0n) is 9.94. The van der Waals surface area contributed by atoms with Crippen LogP contribution in [-0.2, 0) is 4.74 Å². The minimum absolute atomic E-state index is 0.362. The minimum atomic E-state index is -0.439. The van der Waals surface area contributed by atoms with Crippen LogP contribution in [0.5, 0.6) is 0 Å². The van der Waals surface area contributed by atoms with Crippen molar-refractivity contribution in [2.75, 3.05) is 13.1 Å². The Kier molecular flexibility index (Phi) is 3.74. The largest absolute Gasteiger partial charge is 0.444 e. The van der Waals surface area contributed by atoms with Crippen LogP contribution in [-0.4, -0.2) is 24.8 Å². The molecular weight excluding hydrogens is 192 g/mol. The predicted molar refractivity (Wildman–Crippen MR) is 59.6 cm³/mol. The molecule has 0 fully saturated rings. The van der Waals surface area contributed by atoms with Crippen LogP contribution in [0.2, 0.25) is 0 Å². The Morgan fingerprint density at radius 2 is 2.13 bits per heavy atom. The van der Waals surface area contributed by atoms with Gasteiger partial charge in [0.25, 0.3) is 0 Å². The fourth-order valence-corrected chi connectivity index (χ4v) is 1.41. The topological polar surface area (TPSA) is 50.4 Å². The van der Waals surface area contributed by atoms with Crippen molar-refractivity contribution in [1.29, 1.82) is 0 Å². The molecule has 1 amide bonds. The van der Waals surface area contributed by atoms with Crippen LogP contribution in [0.1, 0.15) is 34.1 Å². The summed E-state index contributed by atoms with van der Waals surface area (Å²) in [6.45, 7) is 9.33. The van der Waals surface area contributed by atoms with E-state index in [0.717, 1.165) is 25.2 Å². The molecule has 2 N–H and O–H groups in total. The SMILES string of the molecule is CC1=C(NC(=O)OC(C)(C)C)CCNC1. The third kappa shape index (κ3) is 4.34. The number of hydrogen-bond acceptors (Lipinski definition) is 3. The molecule has 15 heavy (non-hydrogen) atoms. The fraction of sp³-hybridized carbons (Fsp3) is 0.727. The average Bonchev–Trinajstić information content (AvgIpc) is 2.05. The summed E-state index contributed by atoms with van der Waals surface area (Å²) in [5.74, 6) is 0. The second-order valence-corrected chi connectivity index (χ2v) is 4.81. The highest BCUT2D eigenvalue weighted by atomic mass is 16.6. The Morgan fingerprint density at radius 3 is 2.67 bits per heavy atom. The van der Waals surface area contributed by atoms with Crippen LogP contribution in [0.4, 0.5) is 4.79 Å². The van der Waals surface area contributed by atoms with Crippen molar-refractivity contribution in [3.63, 3.8) is 0 Å². The zero-order valence-corrected chi connectivity index (χ0v) is 9.94. The van der Waals surface area contributed by atoms with E-state index in [1.54, 1.807) is 0 Å². The monoisotopic (exact) mass is 212 g/mol. The van der Waals surface area contributed by atoms with Crippen molar-refractivity contribution in [3.8, 4) is 0 Å². The number of hydrogen-bond donors (Lipinski definition) is 2. The second-order valence-electron chi connectivity index (χ2n) is 4.81. The summed E-state index contributed by atoms with van der Waals surface area (Å²) in [5, 5.41) is 6.04. The maximum Gasteiger partial charge on any atom is 0.411 e. The molecular formula is C11H20N2O2. The Hall–Kier alpha value is -1.03. The second kappa shape index (κ2) is 4.66.